The van der Waals surface area contributed by atoms with Gasteiger partial charge in [0.05, 0.1) is 0 Å². The van der Waals surface area contributed by atoms with Crippen LogP contribution < -0.4 is 5.32 Å². The molecule has 0 spiro atoms. The standard InChI is InChI=1S/C14H15BrN2O2/c15-11-8-13(16-9-11)14(19)17-12-5-1-3-10(7-12)4-2-6-18/h1,3,5,7-9,16,18H,2,4,6H2,(H,17,19). The summed E-state index contributed by atoms with van der Waals surface area (Å²) in [6.07, 6.45) is 3.24. The summed E-state index contributed by atoms with van der Waals surface area (Å²) >= 11 is 3.29. The van der Waals surface area contributed by atoms with Gasteiger partial charge >= 0.3 is 0 Å². The Balaban J connectivity index is 2.04. The number of benzene rings is 1. The second-order valence-corrected chi connectivity index (χ2v) is 5.13. The zero-order valence-electron chi connectivity index (χ0n) is 10.3. The first-order chi connectivity index (χ1) is 9.19. The minimum Gasteiger partial charge on any atom is -0.396 e. The maximum Gasteiger partial charge on any atom is 0.272 e. The van der Waals surface area contributed by atoms with Gasteiger partial charge in [-0.25, -0.2) is 0 Å². The van der Waals surface area contributed by atoms with Gasteiger partial charge in [0.2, 0.25) is 0 Å². The number of hydrogen-bond donors (Lipinski definition) is 3. The van der Waals surface area contributed by atoms with E-state index in [9.17, 15) is 4.79 Å². The lowest BCUT2D eigenvalue weighted by Crippen LogP contribution is -2.12. The Morgan fingerprint density at radius 3 is 2.89 bits per heavy atom. The van der Waals surface area contributed by atoms with Gasteiger partial charge in [-0.05, 0) is 52.5 Å². The molecule has 19 heavy (non-hydrogen) atoms. The number of rotatable bonds is 5. The van der Waals surface area contributed by atoms with Crippen molar-refractivity contribution >= 4 is 27.5 Å². The molecule has 0 atom stereocenters. The molecule has 0 saturated carbocycles. The van der Waals surface area contributed by atoms with Crippen LogP contribution in [0.25, 0.3) is 0 Å². The van der Waals surface area contributed by atoms with E-state index in [4.69, 9.17) is 5.11 Å². The number of carbonyl (C=O) groups is 1. The highest BCUT2D eigenvalue weighted by molar-refractivity contribution is 9.10. The van der Waals surface area contributed by atoms with Crippen LogP contribution in [0.2, 0.25) is 0 Å². The number of aromatic amines is 1. The Morgan fingerprint density at radius 2 is 2.21 bits per heavy atom. The molecule has 5 heteroatoms. The monoisotopic (exact) mass is 322 g/mol. The fraction of sp³-hybridized carbons (Fsp3) is 0.214. The SMILES string of the molecule is O=C(Nc1cccc(CCCO)c1)c1cc(Br)c[nH]1. The number of anilines is 1. The number of hydrogen-bond acceptors (Lipinski definition) is 2. The molecule has 0 saturated heterocycles. The molecule has 3 N–H and O–H groups in total. The molecule has 0 fully saturated rings. The smallest absolute Gasteiger partial charge is 0.272 e. The Hall–Kier alpha value is -1.59. The first-order valence-corrected chi connectivity index (χ1v) is 6.83. The zero-order chi connectivity index (χ0) is 13.7. The first kappa shape index (κ1) is 13.8. The topological polar surface area (TPSA) is 65.1 Å². The van der Waals surface area contributed by atoms with E-state index in [2.05, 4.69) is 26.2 Å². The van der Waals surface area contributed by atoms with Crippen LogP contribution in [-0.4, -0.2) is 22.6 Å². The van der Waals surface area contributed by atoms with E-state index in [1.54, 1.807) is 12.3 Å². The number of nitrogens with one attached hydrogen (secondary N) is 2. The van der Waals surface area contributed by atoms with E-state index < -0.39 is 0 Å². The average molecular weight is 323 g/mol. The molecular weight excluding hydrogens is 308 g/mol. The molecule has 0 aliphatic heterocycles. The Labute approximate surface area is 120 Å². The van der Waals surface area contributed by atoms with Crippen LogP contribution in [0.15, 0.2) is 41.0 Å². The van der Waals surface area contributed by atoms with E-state index >= 15 is 0 Å². The number of aryl methyl sites for hydroxylation is 1. The molecule has 1 aromatic heterocycles. The quantitative estimate of drug-likeness (QED) is 0.792. The number of aliphatic hydroxyl groups excluding tert-OH is 1. The number of aliphatic hydroxyl groups is 1. The summed E-state index contributed by atoms with van der Waals surface area (Å²) < 4.78 is 0.842. The highest BCUT2D eigenvalue weighted by atomic mass is 79.9. The molecule has 1 amide bonds. The van der Waals surface area contributed by atoms with Gasteiger partial charge in [-0.15, -0.1) is 0 Å². The van der Waals surface area contributed by atoms with Gasteiger partial charge in [0.15, 0.2) is 0 Å². The van der Waals surface area contributed by atoms with Gasteiger partial charge in [-0.1, -0.05) is 12.1 Å². The number of H-pyrrole nitrogens is 1. The van der Waals surface area contributed by atoms with E-state index in [1.165, 1.54) is 0 Å². The van der Waals surface area contributed by atoms with Gasteiger partial charge in [0, 0.05) is 23.0 Å². The van der Waals surface area contributed by atoms with Crippen LogP contribution in [0.4, 0.5) is 5.69 Å². The van der Waals surface area contributed by atoms with Crippen molar-refractivity contribution in [1.29, 1.82) is 0 Å². The van der Waals surface area contributed by atoms with Crippen LogP contribution in [0.5, 0.6) is 0 Å². The Morgan fingerprint density at radius 1 is 1.37 bits per heavy atom. The van der Waals surface area contributed by atoms with Crippen molar-refractivity contribution in [2.24, 2.45) is 0 Å². The van der Waals surface area contributed by atoms with E-state index in [-0.39, 0.29) is 12.5 Å². The molecule has 2 aromatic rings. The van der Waals surface area contributed by atoms with Crippen molar-refractivity contribution in [3.05, 3.63) is 52.3 Å². The maximum absolute atomic E-state index is 11.9. The van der Waals surface area contributed by atoms with Crippen molar-refractivity contribution < 1.29 is 9.90 Å². The van der Waals surface area contributed by atoms with Crippen molar-refractivity contribution in [2.45, 2.75) is 12.8 Å². The number of halogens is 1. The fourth-order valence-corrected chi connectivity index (χ4v) is 2.13. The Kier molecular flexibility index (Phi) is 4.76. The molecule has 100 valence electrons. The minimum absolute atomic E-state index is 0.174. The lowest BCUT2D eigenvalue weighted by molar-refractivity contribution is 0.102. The third-order valence-electron chi connectivity index (χ3n) is 2.70. The van der Waals surface area contributed by atoms with Gasteiger partial charge in [0.1, 0.15) is 5.69 Å². The number of aromatic nitrogens is 1. The maximum atomic E-state index is 11.9. The van der Waals surface area contributed by atoms with Gasteiger partial charge in [-0.2, -0.15) is 0 Å². The van der Waals surface area contributed by atoms with Crippen molar-refractivity contribution in [2.75, 3.05) is 11.9 Å². The molecule has 2 rings (SSSR count). The van der Waals surface area contributed by atoms with Crippen LogP contribution in [0, 0.1) is 0 Å². The summed E-state index contributed by atoms with van der Waals surface area (Å²) in [4.78, 5) is 14.8. The number of carbonyl (C=O) groups excluding carboxylic acids is 1. The van der Waals surface area contributed by atoms with Gasteiger partial charge in [-0.3, -0.25) is 4.79 Å². The average Bonchev–Trinajstić information content (AvgIpc) is 2.83. The summed E-state index contributed by atoms with van der Waals surface area (Å²) in [5.41, 5.74) is 2.36. The Bertz CT molecular complexity index is 566. The van der Waals surface area contributed by atoms with Crippen molar-refractivity contribution in [1.82, 2.24) is 4.98 Å². The summed E-state index contributed by atoms with van der Waals surface area (Å²) in [6.45, 7) is 0.174. The molecule has 0 bridgehead atoms. The molecule has 0 radical (unpaired) electrons. The zero-order valence-corrected chi connectivity index (χ0v) is 11.9. The second-order valence-electron chi connectivity index (χ2n) is 4.21. The van der Waals surface area contributed by atoms with Gasteiger partial charge in [0.25, 0.3) is 5.91 Å². The fourth-order valence-electron chi connectivity index (χ4n) is 1.79. The molecule has 1 heterocycles. The third kappa shape index (κ3) is 3.94. The van der Waals surface area contributed by atoms with E-state index in [1.807, 2.05) is 24.3 Å². The largest absolute Gasteiger partial charge is 0.396 e. The third-order valence-corrected chi connectivity index (χ3v) is 3.16. The summed E-state index contributed by atoms with van der Waals surface area (Å²) in [5.74, 6) is -0.176. The van der Waals surface area contributed by atoms with Crippen LogP contribution in [0.3, 0.4) is 0 Å². The molecule has 0 aliphatic carbocycles. The lowest BCUT2D eigenvalue weighted by atomic mass is 10.1. The van der Waals surface area contributed by atoms with Crippen LogP contribution >= 0.6 is 15.9 Å². The van der Waals surface area contributed by atoms with E-state index in [0.29, 0.717) is 5.69 Å². The predicted octanol–water partition coefficient (Wildman–Crippen LogP) is 2.95. The molecular formula is C14H15BrN2O2. The summed E-state index contributed by atoms with van der Waals surface area (Å²) in [7, 11) is 0. The highest BCUT2D eigenvalue weighted by Crippen LogP contribution is 2.15. The first-order valence-electron chi connectivity index (χ1n) is 6.04. The number of amides is 1. The lowest BCUT2D eigenvalue weighted by Gasteiger charge is -2.06. The molecule has 0 aliphatic rings. The molecule has 0 unspecified atom stereocenters. The predicted molar refractivity (Wildman–Crippen MR) is 78.3 cm³/mol. The molecule has 1 aromatic carbocycles. The van der Waals surface area contributed by atoms with Crippen LogP contribution in [0.1, 0.15) is 22.5 Å². The normalized spacial score (nSPS) is 10.4. The summed E-state index contributed by atoms with van der Waals surface area (Å²) in [5, 5.41) is 11.6. The van der Waals surface area contributed by atoms with Crippen molar-refractivity contribution in [3.63, 3.8) is 0 Å². The van der Waals surface area contributed by atoms with Crippen LogP contribution in [-0.2, 0) is 6.42 Å². The minimum atomic E-state index is -0.176. The molecule has 4 nitrogen and oxygen atoms in total. The summed E-state index contributed by atoms with van der Waals surface area (Å²) in [6, 6.07) is 9.37. The highest BCUT2D eigenvalue weighted by Gasteiger charge is 2.08. The van der Waals surface area contributed by atoms with E-state index in [0.717, 1.165) is 28.6 Å². The van der Waals surface area contributed by atoms with Gasteiger partial charge < -0.3 is 15.4 Å². The second kappa shape index (κ2) is 6.54. The van der Waals surface area contributed by atoms with Crippen molar-refractivity contribution in [3.8, 4) is 0 Å².